The van der Waals surface area contributed by atoms with Crippen molar-refractivity contribution in [1.29, 1.82) is 0 Å². The molecule has 1 N–H and O–H groups in total. The molecular weight excluding hydrogens is 463 g/mol. The van der Waals surface area contributed by atoms with Gasteiger partial charge >= 0.3 is 12.2 Å². The highest BCUT2D eigenvalue weighted by molar-refractivity contribution is 5.88. The number of piperidine rings is 1. The molecule has 3 heterocycles. The van der Waals surface area contributed by atoms with E-state index in [9.17, 15) is 18.0 Å². The number of nitrogens with zero attached hydrogens (tertiary/aromatic N) is 4. The number of anilines is 1. The molecule has 4 rings (SSSR count). The van der Waals surface area contributed by atoms with Crippen LogP contribution in [0.25, 0.3) is 6.08 Å². The number of hydrogen-bond acceptors (Lipinski definition) is 6. The molecule has 2 aromatic heterocycles. The minimum atomic E-state index is -4.45. The predicted molar refractivity (Wildman–Crippen MR) is 122 cm³/mol. The average molecular weight is 485 g/mol. The van der Waals surface area contributed by atoms with E-state index in [1.54, 1.807) is 23.1 Å². The fraction of sp³-hybridized carbons (Fsp3) is 0.250. The number of benzene rings is 1. The van der Waals surface area contributed by atoms with E-state index in [1.807, 2.05) is 12.1 Å². The number of hydrogen-bond donors (Lipinski definition) is 1. The molecule has 11 heteroatoms. The molecule has 1 saturated heterocycles. The monoisotopic (exact) mass is 485 g/mol. The molecule has 3 aromatic rings. The van der Waals surface area contributed by atoms with E-state index >= 15 is 0 Å². The van der Waals surface area contributed by atoms with E-state index in [4.69, 9.17) is 9.47 Å². The van der Waals surface area contributed by atoms with Crippen LogP contribution in [0.2, 0.25) is 0 Å². The molecule has 0 atom stereocenters. The lowest BCUT2D eigenvalue weighted by Gasteiger charge is -2.28. The third-order valence-electron chi connectivity index (χ3n) is 5.26. The molecule has 1 aliphatic rings. The van der Waals surface area contributed by atoms with Crippen LogP contribution in [0, 0.1) is 0 Å². The van der Waals surface area contributed by atoms with Gasteiger partial charge < -0.3 is 14.4 Å². The quantitative estimate of drug-likeness (QED) is 0.520. The zero-order valence-electron chi connectivity index (χ0n) is 18.7. The molecule has 1 aromatic carbocycles. The fourth-order valence-electron chi connectivity index (χ4n) is 3.47. The number of aromatic nitrogens is 3. The number of nitrogens with one attached hydrogen (secondary N) is 1. The third-order valence-corrected chi connectivity index (χ3v) is 5.26. The predicted octanol–water partition coefficient (Wildman–Crippen LogP) is 5.40. The van der Waals surface area contributed by atoms with Crippen LogP contribution in [0.4, 0.5) is 23.8 Å². The second-order valence-electron chi connectivity index (χ2n) is 7.72. The van der Waals surface area contributed by atoms with Crippen molar-refractivity contribution >= 4 is 17.9 Å². The highest BCUT2D eigenvalue weighted by atomic mass is 19.4. The van der Waals surface area contributed by atoms with Crippen molar-refractivity contribution in [2.24, 2.45) is 0 Å². The van der Waals surface area contributed by atoms with Crippen molar-refractivity contribution in [3.8, 4) is 17.5 Å². The van der Waals surface area contributed by atoms with Crippen molar-refractivity contribution in [1.82, 2.24) is 19.9 Å². The number of ether oxygens (including phenoxy) is 2. The molecule has 0 bridgehead atoms. The van der Waals surface area contributed by atoms with Gasteiger partial charge in [-0.1, -0.05) is 23.8 Å². The number of carbonyl (C=O) groups is 1. The van der Waals surface area contributed by atoms with Gasteiger partial charge in [-0.15, -0.1) is 0 Å². The minimum Gasteiger partial charge on any atom is -0.480 e. The van der Waals surface area contributed by atoms with E-state index in [0.717, 1.165) is 17.8 Å². The summed E-state index contributed by atoms with van der Waals surface area (Å²) in [6.45, 7) is 1.08. The molecule has 35 heavy (non-hydrogen) atoms. The summed E-state index contributed by atoms with van der Waals surface area (Å²) < 4.78 is 48.7. The summed E-state index contributed by atoms with van der Waals surface area (Å²) in [5, 5.41) is 2.72. The molecule has 1 fully saturated rings. The van der Waals surface area contributed by atoms with Gasteiger partial charge in [0.2, 0.25) is 11.8 Å². The number of pyridine rings is 1. The maximum Gasteiger partial charge on any atom is 0.417 e. The summed E-state index contributed by atoms with van der Waals surface area (Å²) in [5.41, 5.74) is 1.22. The highest BCUT2D eigenvalue weighted by Crippen LogP contribution is 2.30. The number of urea groups is 1. The molecular formula is C24H22F3N5O3. The van der Waals surface area contributed by atoms with Crippen molar-refractivity contribution in [2.45, 2.75) is 19.0 Å². The molecule has 0 unspecified atom stereocenters. The Kier molecular flexibility index (Phi) is 7.14. The second kappa shape index (κ2) is 10.4. The van der Waals surface area contributed by atoms with Crippen molar-refractivity contribution in [3.05, 3.63) is 71.7 Å². The van der Waals surface area contributed by atoms with Gasteiger partial charge in [-0.2, -0.15) is 18.2 Å². The molecule has 8 nitrogen and oxygen atoms in total. The number of halogens is 3. The molecule has 2 amide bonds. The number of methoxy groups -OCH3 is 1. The van der Waals surface area contributed by atoms with Gasteiger partial charge in [0.25, 0.3) is 0 Å². The molecule has 0 spiro atoms. The lowest BCUT2D eigenvalue weighted by molar-refractivity contribution is -0.137. The smallest absolute Gasteiger partial charge is 0.417 e. The summed E-state index contributed by atoms with van der Waals surface area (Å²) in [6, 6.07) is 9.04. The number of rotatable bonds is 5. The maximum absolute atomic E-state index is 12.7. The van der Waals surface area contributed by atoms with Crippen LogP contribution in [0.3, 0.4) is 0 Å². The van der Waals surface area contributed by atoms with Crippen LogP contribution in [0.1, 0.15) is 24.0 Å². The van der Waals surface area contributed by atoms with Gasteiger partial charge in [-0.25, -0.2) is 9.78 Å². The largest absolute Gasteiger partial charge is 0.480 e. The minimum absolute atomic E-state index is 0.0721. The van der Waals surface area contributed by atoms with Gasteiger partial charge in [0.15, 0.2) is 5.82 Å². The van der Waals surface area contributed by atoms with Crippen LogP contribution in [-0.2, 0) is 6.18 Å². The van der Waals surface area contributed by atoms with Crippen molar-refractivity contribution < 1.29 is 27.4 Å². The SMILES string of the molecule is COc1cncc(NC(=O)N2CCC(=Cc3cccc(Oc4ccc(C(F)(F)F)cn4)c3)CC2)n1. The summed E-state index contributed by atoms with van der Waals surface area (Å²) in [7, 11) is 1.47. The van der Waals surface area contributed by atoms with Gasteiger partial charge in [0.05, 0.1) is 25.1 Å². The Hall–Kier alpha value is -4.15. The maximum atomic E-state index is 12.7. The van der Waals surface area contributed by atoms with Gasteiger partial charge in [0, 0.05) is 25.4 Å². The summed E-state index contributed by atoms with van der Waals surface area (Å²) in [6.07, 6.45) is 2.61. The number of likely N-dealkylation sites (tertiary alicyclic amines) is 1. The van der Waals surface area contributed by atoms with E-state index in [1.165, 1.54) is 31.1 Å². The molecule has 182 valence electrons. The van der Waals surface area contributed by atoms with Gasteiger partial charge in [-0.05, 0) is 36.6 Å². The lowest BCUT2D eigenvalue weighted by atomic mass is 10.0. The first-order valence-corrected chi connectivity index (χ1v) is 10.7. The first-order chi connectivity index (χ1) is 16.8. The number of amides is 2. The summed E-state index contributed by atoms with van der Waals surface area (Å²) >= 11 is 0. The normalized spacial score (nSPS) is 13.8. The van der Waals surface area contributed by atoms with E-state index in [2.05, 4.69) is 20.3 Å². The van der Waals surface area contributed by atoms with E-state index in [-0.39, 0.29) is 11.9 Å². The van der Waals surface area contributed by atoms with Gasteiger partial charge in [-0.3, -0.25) is 10.3 Å². The fourth-order valence-corrected chi connectivity index (χ4v) is 3.47. The zero-order valence-corrected chi connectivity index (χ0v) is 18.7. The van der Waals surface area contributed by atoms with E-state index in [0.29, 0.717) is 43.4 Å². The Balaban J connectivity index is 1.33. The summed E-state index contributed by atoms with van der Waals surface area (Å²) in [5.74, 6) is 1.16. The van der Waals surface area contributed by atoms with Crippen LogP contribution >= 0.6 is 0 Å². The summed E-state index contributed by atoms with van der Waals surface area (Å²) in [4.78, 5) is 26.1. The van der Waals surface area contributed by atoms with Crippen molar-refractivity contribution in [2.75, 3.05) is 25.5 Å². The Morgan fingerprint density at radius 3 is 2.57 bits per heavy atom. The standard InChI is InChI=1S/C24H22F3N5O3/c1-34-22-15-28-14-20(30-22)31-23(33)32-9-7-16(8-10-32)11-17-3-2-4-19(12-17)35-21-6-5-18(13-29-21)24(25,26)27/h2-6,11-15H,7-10H2,1H3,(H,30,31,33). The Morgan fingerprint density at radius 1 is 1.09 bits per heavy atom. The lowest BCUT2D eigenvalue weighted by Crippen LogP contribution is -2.39. The highest BCUT2D eigenvalue weighted by Gasteiger charge is 2.30. The molecule has 0 saturated carbocycles. The molecule has 0 radical (unpaired) electrons. The zero-order chi connectivity index (χ0) is 24.8. The first-order valence-electron chi connectivity index (χ1n) is 10.7. The van der Waals surface area contributed by atoms with Crippen LogP contribution in [0.15, 0.2) is 60.6 Å². The molecule has 0 aliphatic carbocycles. The number of carbonyl (C=O) groups excluding carboxylic acids is 1. The van der Waals surface area contributed by atoms with Crippen LogP contribution in [-0.4, -0.2) is 46.1 Å². The van der Waals surface area contributed by atoms with E-state index < -0.39 is 11.7 Å². The Bertz CT molecular complexity index is 1210. The third kappa shape index (κ3) is 6.46. The topological polar surface area (TPSA) is 89.5 Å². The Labute approximate surface area is 199 Å². The van der Waals surface area contributed by atoms with Crippen LogP contribution < -0.4 is 14.8 Å². The van der Waals surface area contributed by atoms with Gasteiger partial charge in [0.1, 0.15) is 5.75 Å². The molecule has 1 aliphatic heterocycles. The Morgan fingerprint density at radius 2 is 1.89 bits per heavy atom. The average Bonchev–Trinajstić information content (AvgIpc) is 2.84. The first kappa shape index (κ1) is 24.0. The van der Waals surface area contributed by atoms with Crippen LogP contribution in [0.5, 0.6) is 17.5 Å². The number of alkyl halides is 3. The second-order valence-corrected chi connectivity index (χ2v) is 7.72. The van der Waals surface area contributed by atoms with Crippen molar-refractivity contribution in [3.63, 3.8) is 0 Å².